The molecule has 0 radical (unpaired) electrons. The fourth-order valence-corrected chi connectivity index (χ4v) is 3.93. The second-order valence-electron chi connectivity index (χ2n) is 7.48. The van der Waals surface area contributed by atoms with Crippen LogP contribution in [0.2, 0.25) is 0 Å². The first kappa shape index (κ1) is 13.6. The van der Waals surface area contributed by atoms with Crippen molar-refractivity contribution in [2.45, 2.75) is 52.0 Å². The average molecular weight is 322 g/mol. The summed E-state index contributed by atoms with van der Waals surface area (Å²) >= 11 is 3.58. The molecule has 0 aromatic heterocycles. The largest absolute Gasteiger partial charge is 0.312 e. The zero-order chi connectivity index (χ0) is 13.7. The van der Waals surface area contributed by atoms with E-state index in [9.17, 15) is 0 Å². The fourth-order valence-electron chi connectivity index (χ4n) is 3.52. The number of hydrogen-bond donors (Lipinski definition) is 1. The highest BCUT2D eigenvalue weighted by Gasteiger charge is 2.54. The van der Waals surface area contributed by atoms with Crippen LogP contribution in [0.25, 0.3) is 0 Å². The molecule has 0 saturated heterocycles. The van der Waals surface area contributed by atoms with Crippen LogP contribution in [-0.2, 0) is 12.8 Å². The highest BCUT2D eigenvalue weighted by Crippen LogP contribution is 2.59. The zero-order valence-corrected chi connectivity index (χ0v) is 13.8. The van der Waals surface area contributed by atoms with Gasteiger partial charge in [0.1, 0.15) is 0 Å². The summed E-state index contributed by atoms with van der Waals surface area (Å²) in [6, 6.07) is 6.84. The van der Waals surface area contributed by atoms with Crippen molar-refractivity contribution >= 4 is 15.9 Å². The molecule has 1 aromatic carbocycles. The summed E-state index contributed by atoms with van der Waals surface area (Å²) in [6.07, 6.45) is 5.37. The number of benzene rings is 1. The Morgan fingerprint density at radius 1 is 1.32 bits per heavy atom. The van der Waals surface area contributed by atoms with Crippen molar-refractivity contribution in [2.24, 2.45) is 11.3 Å². The van der Waals surface area contributed by atoms with E-state index in [1.165, 1.54) is 36.7 Å². The molecule has 3 rings (SSSR count). The molecule has 0 aliphatic heterocycles. The summed E-state index contributed by atoms with van der Waals surface area (Å²) in [5.41, 5.74) is 4.03. The number of fused-ring (bicyclic) bond motifs is 1. The number of hydrogen-bond acceptors (Lipinski definition) is 1. The van der Waals surface area contributed by atoms with Gasteiger partial charge in [-0.2, -0.15) is 0 Å². The minimum Gasteiger partial charge on any atom is -0.312 e. The van der Waals surface area contributed by atoms with Gasteiger partial charge in [0.05, 0.1) is 0 Å². The monoisotopic (exact) mass is 321 g/mol. The van der Waals surface area contributed by atoms with E-state index in [0.29, 0.717) is 5.41 Å². The first-order chi connectivity index (χ1) is 8.88. The standard InChI is InChI=1S/C17H24BrN/c1-16(2,3)19-11-14-10-17(14)7-6-12-8-15(18)5-4-13(12)9-17/h4-5,8,14,19H,6-7,9-11H2,1-3H3. The molecule has 1 saturated carbocycles. The second-order valence-corrected chi connectivity index (χ2v) is 8.40. The Bertz CT molecular complexity index is 489. The minimum absolute atomic E-state index is 0.251. The topological polar surface area (TPSA) is 12.0 Å². The van der Waals surface area contributed by atoms with E-state index >= 15 is 0 Å². The molecule has 0 heterocycles. The van der Waals surface area contributed by atoms with Crippen LogP contribution in [-0.4, -0.2) is 12.1 Å². The molecular formula is C17H24BrN. The van der Waals surface area contributed by atoms with Crippen molar-refractivity contribution in [2.75, 3.05) is 6.54 Å². The third kappa shape index (κ3) is 2.90. The molecule has 2 unspecified atom stereocenters. The molecule has 2 atom stereocenters. The van der Waals surface area contributed by atoms with Gasteiger partial charge in [-0.25, -0.2) is 0 Å². The molecule has 104 valence electrons. The Balaban J connectivity index is 1.65. The van der Waals surface area contributed by atoms with Gasteiger partial charge >= 0.3 is 0 Å². The third-order valence-electron chi connectivity index (χ3n) is 4.84. The van der Waals surface area contributed by atoms with E-state index in [1.807, 2.05) is 0 Å². The van der Waals surface area contributed by atoms with Crippen LogP contribution in [0.5, 0.6) is 0 Å². The molecule has 1 fully saturated rings. The Hall–Kier alpha value is -0.340. The van der Waals surface area contributed by atoms with Crippen molar-refractivity contribution in [1.82, 2.24) is 5.32 Å². The molecule has 0 amide bonds. The average Bonchev–Trinajstić information content (AvgIpc) is 2.99. The summed E-state index contributed by atoms with van der Waals surface area (Å²) in [5, 5.41) is 3.68. The molecule has 2 aliphatic carbocycles. The SMILES string of the molecule is CC(C)(C)NCC1CC12CCc1cc(Br)ccc1C2. The Morgan fingerprint density at radius 3 is 2.84 bits per heavy atom. The minimum atomic E-state index is 0.251. The highest BCUT2D eigenvalue weighted by molar-refractivity contribution is 9.10. The van der Waals surface area contributed by atoms with E-state index < -0.39 is 0 Å². The molecule has 1 spiro atoms. The van der Waals surface area contributed by atoms with Gasteiger partial charge in [-0.05, 0) is 87.6 Å². The maximum absolute atomic E-state index is 3.68. The van der Waals surface area contributed by atoms with Crippen LogP contribution in [0.15, 0.2) is 22.7 Å². The Labute approximate surface area is 125 Å². The van der Waals surface area contributed by atoms with Crippen molar-refractivity contribution in [1.29, 1.82) is 0 Å². The number of nitrogens with one attached hydrogen (secondary N) is 1. The lowest BCUT2D eigenvalue weighted by atomic mass is 9.80. The third-order valence-corrected chi connectivity index (χ3v) is 5.33. The fraction of sp³-hybridized carbons (Fsp3) is 0.647. The summed E-state index contributed by atoms with van der Waals surface area (Å²) < 4.78 is 1.23. The van der Waals surface area contributed by atoms with E-state index in [1.54, 1.807) is 11.1 Å². The molecule has 19 heavy (non-hydrogen) atoms. The van der Waals surface area contributed by atoms with Crippen LogP contribution in [0, 0.1) is 11.3 Å². The lowest BCUT2D eigenvalue weighted by molar-refractivity contribution is 0.351. The predicted octanol–water partition coefficient (Wildman–Crippen LogP) is 4.33. The van der Waals surface area contributed by atoms with Crippen molar-refractivity contribution < 1.29 is 0 Å². The molecule has 1 nitrogen and oxygen atoms in total. The van der Waals surface area contributed by atoms with Gasteiger partial charge in [0.15, 0.2) is 0 Å². The van der Waals surface area contributed by atoms with Crippen LogP contribution in [0.3, 0.4) is 0 Å². The lowest BCUT2D eigenvalue weighted by Crippen LogP contribution is -2.38. The molecule has 1 aromatic rings. The zero-order valence-electron chi connectivity index (χ0n) is 12.2. The molecule has 1 N–H and O–H groups in total. The summed E-state index contributed by atoms with van der Waals surface area (Å²) in [7, 11) is 0. The first-order valence-electron chi connectivity index (χ1n) is 7.40. The smallest absolute Gasteiger partial charge is 0.0178 e. The van der Waals surface area contributed by atoms with E-state index in [0.717, 1.165) is 5.92 Å². The van der Waals surface area contributed by atoms with Gasteiger partial charge in [-0.15, -0.1) is 0 Å². The van der Waals surface area contributed by atoms with Gasteiger partial charge in [-0.1, -0.05) is 22.0 Å². The van der Waals surface area contributed by atoms with Crippen molar-refractivity contribution in [3.63, 3.8) is 0 Å². The molecule has 2 heteroatoms. The summed E-state index contributed by atoms with van der Waals surface area (Å²) in [6.45, 7) is 7.97. The van der Waals surface area contributed by atoms with Gasteiger partial charge in [0.25, 0.3) is 0 Å². The van der Waals surface area contributed by atoms with Gasteiger partial charge in [0, 0.05) is 10.0 Å². The van der Waals surface area contributed by atoms with Crippen molar-refractivity contribution in [3.05, 3.63) is 33.8 Å². The summed E-state index contributed by atoms with van der Waals surface area (Å²) in [4.78, 5) is 0. The molecular weight excluding hydrogens is 298 g/mol. The molecule has 2 aliphatic rings. The van der Waals surface area contributed by atoms with E-state index in [-0.39, 0.29) is 5.54 Å². The van der Waals surface area contributed by atoms with Crippen molar-refractivity contribution in [3.8, 4) is 0 Å². The highest BCUT2D eigenvalue weighted by atomic mass is 79.9. The normalized spacial score (nSPS) is 29.4. The van der Waals surface area contributed by atoms with Crippen LogP contribution in [0.4, 0.5) is 0 Å². The lowest BCUT2D eigenvalue weighted by Gasteiger charge is -2.27. The maximum Gasteiger partial charge on any atom is 0.0178 e. The molecule has 0 bridgehead atoms. The Kier molecular flexibility index (Phi) is 3.30. The van der Waals surface area contributed by atoms with Gasteiger partial charge in [-0.3, -0.25) is 0 Å². The number of aryl methyl sites for hydroxylation is 1. The first-order valence-corrected chi connectivity index (χ1v) is 8.20. The number of halogens is 1. The van der Waals surface area contributed by atoms with Gasteiger partial charge < -0.3 is 5.32 Å². The van der Waals surface area contributed by atoms with Gasteiger partial charge in [0.2, 0.25) is 0 Å². The van der Waals surface area contributed by atoms with E-state index in [2.05, 4.69) is 60.2 Å². The second kappa shape index (κ2) is 4.60. The predicted molar refractivity (Wildman–Crippen MR) is 84.5 cm³/mol. The van der Waals surface area contributed by atoms with Crippen LogP contribution < -0.4 is 5.32 Å². The quantitative estimate of drug-likeness (QED) is 0.854. The van der Waals surface area contributed by atoms with Crippen LogP contribution >= 0.6 is 15.9 Å². The Morgan fingerprint density at radius 2 is 2.11 bits per heavy atom. The number of rotatable bonds is 2. The maximum atomic E-state index is 3.68. The van der Waals surface area contributed by atoms with Crippen LogP contribution in [0.1, 0.15) is 44.7 Å². The van der Waals surface area contributed by atoms with E-state index in [4.69, 9.17) is 0 Å². The summed E-state index contributed by atoms with van der Waals surface area (Å²) in [5.74, 6) is 0.892.